The Morgan fingerprint density at radius 1 is 1.50 bits per heavy atom. The molecule has 1 unspecified atom stereocenters. The summed E-state index contributed by atoms with van der Waals surface area (Å²) in [5.41, 5.74) is 1.01. The van der Waals surface area contributed by atoms with Crippen LogP contribution in [0.2, 0.25) is 0 Å². The van der Waals surface area contributed by atoms with Crippen LogP contribution >= 0.6 is 27.3 Å². The van der Waals surface area contributed by atoms with Gasteiger partial charge in [-0.25, -0.2) is 4.98 Å². The molecule has 14 heavy (non-hydrogen) atoms. The monoisotopic (exact) mass is 277 g/mol. The first kappa shape index (κ1) is 10.5. The summed E-state index contributed by atoms with van der Waals surface area (Å²) < 4.78 is 6.11. The van der Waals surface area contributed by atoms with E-state index in [1.54, 1.807) is 5.51 Å². The van der Waals surface area contributed by atoms with E-state index in [0.717, 1.165) is 28.9 Å². The molecule has 0 spiro atoms. The Bertz CT molecular complexity index is 308. The van der Waals surface area contributed by atoms with Crippen molar-refractivity contribution in [2.75, 3.05) is 13.2 Å². The van der Waals surface area contributed by atoms with E-state index in [0.29, 0.717) is 13.0 Å². The van der Waals surface area contributed by atoms with Gasteiger partial charge in [-0.3, -0.25) is 0 Å². The van der Waals surface area contributed by atoms with Crippen LogP contribution in [0.5, 0.6) is 0 Å². The van der Waals surface area contributed by atoms with E-state index in [1.807, 2.05) is 0 Å². The molecule has 2 heterocycles. The van der Waals surface area contributed by atoms with Crippen molar-refractivity contribution in [2.45, 2.75) is 24.9 Å². The molecule has 1 saturated heterocycles. The van der Waals surface area contributed by atoms with E-state index < -0.39 is 5.60 Å². The fourth-order valence-corrected chi connectivity index (χ4v) is 3.42. The number of thiazole rings is 1. The summed E-state index contributed by atoms with van der Waals surface area (Å²) in [6, 6.07) is 0. The third kappa shape index (κ3) is 2.00. The number of nitrogens with zero attached hydrogens (tertiary/aromatic N) is 1. The van der Waals surface area contributed by atoms with Gasteiger partial charge in [-0.15, -0.1) is 11.3 Å². The molecule has 5 heteroatoms. The third-order valence-corrected chi connectivity index (χ3v) is 4.37. The second-order valence-corrected chi connectivity index (χ2v) is 5.08. The van der Waals surface area contributed by atoms with Crippen molar-refractivity contribution >= 4 is 27.3 Å². The molecule has 0 aliphatic carbocycles. The van der Waals surface area contributed by atoms with Crippen LogP contribution in [0.4, 0.5) is 0 Å². The average molecular weight is 278 g/mol. The molecule has 78 valence electrons. The van der Waals surface area contributed by atoms with Gasteiger partial charge in [0.25, 0.3) is 0 Å². The maximum absolute atomic E-state index is 10.5. The number of aliphatic hydroxyl groups is 1. The Kier molecular flexibility index (Phi) is 3.21. The zero-order valence-corrected chi connectivity index (χ0v) is 10.1. The van der Waals surface area contributed by atoms with Gasteiger partial charge in [0.2, 0.25) is 0 Å². The topological polar surface area (TPSA) is 42.4 Å². The highest BCUT2D eigenvalue weighted by molar-refractivity contribution is 9.10. The number of hydrogen-bond acceptors (Lipinski definition) is 4. The molecule has 1 fully saturated rings. The van der Waals surface area contributed by atoms with Gasteiger partial charge < -0.3 is 9.84 Å². The second-order valence-electron chi connectivity index (χ2n) is 3.47. The fourth-order valence-electron chi connectivity index (χ4n) is 1.70. The van der Waals surface area contributed by atoms with Gasteiger partial charge in [0, 0.05) is 19.6 Å². The first-order chi connectivity index (χ1) is 6.72. The van der Waals surface area contributed by atoms with Gasteiger partial charge in [0.15, 0.2) is 0 Å². The summed E-state index contributed by atoms with van der Waals surface area (Å²) in [6.45, 7) is 1.37. The largest absolute Gasteiger partial charge is 0.384 e. The smallest absolute Gasteiger partial charge is 0.123 e. The van der Waals surface area contributed by atoms with Gasteiger partial charge in [0.05, 0.1) is 10.4 Å². The molecule has 0 radical (unpaired) electrons. The van der Waals surface area contributed by atoms with Crippen molar-refractivity contribution in [3.63, 3.8) is 0 Å². The predicted molar refractivity (Wildman–Crippen MR) is 58.4 cm³/mol. The molecule has 1 aliphatic rings. The van der Waals surface area contributed by atoms with E-state index in [4.69, 9.17) is 4.74 Å². The van der Waals surface area contributed by atoms with Gasteiger partial charge >= 0.3 is 0 Å². The molecule has 1 aromatic heterocycles. The summed E-state index contributed by atoms with van der Waals surface area (Å²) in [4.78, 5) is 5.04. The normalized spacial score (nSPS) is 28.7. The molecule has 0 bridgehead atoms. The van der Waals surface area contributed by atoms with E-state index >= 15 is 0 Å². The summed E-state index contributed by atoms with van der Waals surface area (Å²) in [7, 11) is 0. The molecule has 0 aromatic carbocycles. The maximum Gasteiger partial charge on any atom is 0.123 e. The van der Waals surface area contributed by atoms with Gasteiger partial charge in [-0.05, 0) is 28.8 Å². The van der Waals surface area contributed by atoms with Crippen molar-refractivity contribution in [3.05, 3.63) is 15.0 Å². The Hall–Kier alpha value is 0.0300. The molecule has 3 nitrogen and oxygen atoms in total. The second kappa shape index (κ2) is 4.26. The number of hydrogen-bond donors (Lipinski definition) is 1. The predicted octanol–water partition coefficient (Wildman–Crippen LogP) is 2.29. The fraction of sp³-hybridized carbons (Fsp3) is 0.667. The summed E-state index contributed by atoms with van der Waals surface area (Å²) in [5, 5.41) is 10.5. The number of halogens is 1. The quantitative estimate of drug-likeness (QED) is 0.857. The molecule has 1 N–H and O–H groups in total. The molecule has 1 atom stereocenters. The highest BCUT2D eigenvalue weighted by atomic mass is 79.9. The number of aromatic nitrogens is 1. The molecular weight excluding hydrogens is 266 g/mol. The van der Waals surface area contributed by atoms with Crippen molar-refractivity contribution in [3.8, 4) is 0 Å². The van der Waals surface area contributed by atoms with Crippen molar-refractivity contribution in [2.24, 2.45) is 0 Å². The lowest BCUT2D eigenvalue weighted by atomic mass is 9.94. The first-order valence-electron chi connectivity index (χ1n) is 4.62. The Morgan fingerprint density at radius 2 is 2.36 bits per heavy atom. The zero-order valence-electron chi connectivity index (χ0n) is 7.70. The minimum atomic E-state index is -0.740. The maximum atomic E-state index is 10.5. The minimum absolute atomic E-state index is 0.626. The van der Waals surface area contributed by atoms with Crippen molar-refractivity contribution < 1.29 is 9.84 Å². The molecule has 0 saturated carbocycles. The SMILES string of the molecule is OC1(c2scnc2Br)CCCOCC1. The minimum Gasteiger partial charge on any atom is -0.384 e. The first-order valence-corrected chi connectivity index (χ1v) is 6.29. The molecule has 2 rings (SSSR count). The third-order valence-electron chi connectivity index (χ3n) is 2.49. The summed E-state index contributed by atoms with van der Waals surface area (Å²) in [5.74, 6) is 0. The summed E-state index contributed by atoms with van der Waals surface area (Å²) in [6.07, 6.45) is 2.32. The van der Waals surface area contributed by atoms with Crippen LogP contribution in [0.25, 0.3) is 0 Å². The van der Waals surface area contributed by atoms with Crippen LogP contribution in [0.1, 0.15) is 24.1 Å². The van der Waals surface area contributed by atoms with Crippen LogP contribution in [-0.4, -0.2) is 23.3 Å². The molecule has 1 aromatic rings. The van der Waals surface area contributed by atoms with Crippen LogP contribution in [0.15, 0.2) is 10.1 Å². The van der Waals surface area contributed by atoms with Crippen LogP contribution in [0.3, 0.4) is 0 Å². The Balaban J connectivity index is 2.25. The standard InChI is InChI=1S/C9H12BrNO2S/c10-8-7(14-6-11-8)9(12)2-1-4-13-5-3-9/h6,12H,1-5H2. The summed E-state index contributed by atoms with van der Waals surface area (Å²) >= 11 is 4.86. The van der Waals surface area contributed by atoms with Gasteiger partial charge in [-0.2, -0.15) is 0 Å². The van der Waals surface area contributed by atoms with Crippen molar-refractivity contribution in [1.29, 1.82) is 0 Å². The highest BCUT2D eigenvalue weighted by Crippen LogP contribution is 2.38. The lowest BCUT2D eigenvalue weighted by Gasteiger charge is -2.24. The van der Waals surface area contributed by atoms with Gasteiger partial charge in [-0.1, -0.05) is 0 Å². The molecule has 1 aliphatic heterocycles. The zero-order chi connectivity index (χ0) is 10.0. The van der Waals surface area contributed by atoms with E-state index in [1.165, 1.54) is 11.3 Å². The van der Waals surface area contributed by atoms with Crippen molar-refractivity contribution in [1.82, 2.24) is 4.98 Å². The highest BCUT2D eigenvalue weighted by Gasteiger charge is 2.33. The number of ether oxygens (including phenoxy) is 1. The lowest BCUT2D eigenvalue weighted by molar-refractivity contribution is 0.0170. The van der Waals surface area contributed by atoms with Crippen LogP contribution in [0, 0.1) is 0 Å². The lowest BCUT2D eigenvalue weighted by Crippen LogP contribution is -2.25. The Labute approximate surface area is 95.3 Å². The molecule has 0 amide bonds. The van der Waals surface area contributed by atoms with Crippen LogP contribution < -0.4 is 0 Å². The van der Waals surface area contributed by atoms with Crippen LogP contribution in [-0.2, 0) is 10.3 Å². The van der Waals surface area contributed by atoms with E-state index in [-0.39, 0.29) is 0 Å². The molecular formula is C9H12BrNO2S. The van der Waals surface area contributed by atoms with Gasteiger partial charge in [0.1, 0.15) is 10.2 Å². The average Bonchev–Trinajstić information content (AvgIpc) is 2.46. The Morgan fingerprint density at radius 3 is 3.07 bits per heavy atom. The van der Waals surface area contributed by atoms with E-state index in [9.17, 15) is 5.11 Å². The number of rotatable bonds is 1. The van der Waals surface area contributed by atoms with E-state index in [2.05, 4.69) is 20.9 Å².